The number of aromatic amines is 2. The van der Waals surface area contributed by atoms with Gasteiger partial charge in [0, 0.05) is 36.2 Å². The first-order chi connectivity index (χ1) is 20.6. The molecule has 43 heavy (non-hydrogen) atoms. The van der Waals surface area contributed by atoms with Crippen LogP contribution in [0.25, 0.3) is 56.0 Å². The summed E-state index contributed by atoms with van der Waals surface area (Å²) in [5.74, 6) is -1.29. The molecule has 0 unspecified atom stereocenters. The first kappa shape index (κ1) is 28.0. The fourth-order valence-electron chi connectivity index (χ4n) is 4.75. The van der Waals surface area contributed by atoms with E-state index in [-0.39, 0.29) is 47.1 Å². The molecule has 0 atom stereocenters. The van der Waals surface area contributed by atoms with Crippen molar-refractivity contribution in [2.75, 3.05) is 17.3 Å². The number of hydrogen-bond donors (Lipinski definition) is 3. The van der Waals surface area contributed by atoms with Crippen LogP contribution in [0.15, 0.2) is 55.1 Å². The number of aryl methyl sites for hydroxylation is 1. The first-order valence-electron chi connectivity index (χ1n) is 13.2. The van der Waals surface area contributed by atoms with Gasteiger partial charge < -0.3 is 10.3 Å². The molecule has 1 amide bonds. The lowest BCUT2D eigenvalue weighted by atomic mass is 10.0. The number of sulfone groups is 1. The van der Waals surface area contributed by atoms with Gasteiger partial charge in [-0.2, -0.15) is 5.10 Å². The minimum atomic E-state index is -3.23. The summed E-state index contributed by atoms with van der Waals surface area (Å²) in [7, 11) is -3.23. The summed E-state index contributed by atoms with van der Waals surface area (Å²) in [4.78, 5) is 32.2. The molecule has 0 saturated heterocycles. The second-order valence-electron chi connectivity index (χ2n) is 10.0. The number of hydrogen-bond acceptors (Lipinski definition) is 8. The molecule has 6 aromatic rings. The van der Waals surface area contributed by atoms with Gasteiger partial charge in [0.1, 0.15) is 27.0 Å². The number of amides is 1. The number of nitrogens with zero attached hydrogens (tertiary/aromatic N) is 5. The van der Waals surface area contributed by atoms with Gasteiger partial charge in [0.25, 0.3) is 0 Å². The summed E-state index contributed by atoms with van der Waals surface area (Å²) >= 11 is 0. The lowest BCUT2D eigenvalue weighted by Gasteiger charge is -2.07. The Morgan fingerprint density at radius 3 is 2.65 bits per heavy atom. The van der Waals surface area contributed by atoms with Crippen LogP contribution >= 0.6 is 0 Å². The molecule has 5 aromatic heterocycles. The number of aromatic nitrogens is 7. The van der Waals surface area contributed by atoms with Crippen molar-refractivity contribution in [1.29, 1.82) is 0 Å². The molecule has 0 spiro atoms. The van der Waals surface area contributed by atoms with E-state index in [1.54, 1.807) is 25.1 Å². The highest BCUT2D eigenvalue weighted by Crippen LogP contribution is 2.34. The Morgan fingerprint density at radius 2 is 1.86 bits per heavy atom. The van der Waals surface area contributed by atoms with Gasteiger partial charge in [-0.25, -0.2) is 27.2 Å². The van der Waals surface area contributed by atoms with Crippen LogP contribution in [0.3, 0.4) is 0 Å². The van der Waals surface area contributed by atoms with Crippen molar-refractivity contribution in [2.24, 2.45) is 0 Å². The Hall–Kier alpha value is -5.11. The Morgan fingerprint density at radius 1 is 1.02 bits per heavy atom. The second kappa shape index (κ2) is 10.9. The lowest BCUT2D eigenvalue weighted by Crippen LogP contribution is -2.09. The Kier molecular flexibility index (Phi) is 7.13. The lowest BCUT2D eigenvalue weighted by molar-refractivity contribution is -0.115. The van der Waals surface area contributed by atoms with Crippen LogP contribution in [-0.4, -0.2) is 61.5 Å². The van der Waals surface area contributed by atoms with Crippen LogP contribution in [0.5, 0.6) is 0 Å². The quantitative estimate of drug-likeness (QED) is 0.223. The molecule has 0 fully saturated rings. The van der Waals surface area contributed by atoms with Crippen molar-refractivity contribution >= 4 is 43.5 Å². The van der Waals surface area contributed by atoms with Crippen LogP contribution in [0, 0.1) is 11.6 Å². The number of imidazole rings is 1. The summed E-state index contributed by atoms with van der Waals surface area (Å²) in [6, 6.07) is 7.63. The summed E-state index contributed by atoms with van der Waals surface area (Å²) < 4.78 is 53.9. The average Bonchev–Trinajstić information content (AvgIpc) is 3.60. The minimum Gasteiger partial charge on any atom is -0.335 e. The normalized spacial score (nSPS) is 11.8. The predicted octanol–water partition coefficient (Wildman–Crippen LogP) is 4.84. The molecule has 0 aliphatic heterocycles. The van der Waals surface area contributed by atoms with Crippen molar-refractivity contribution < 1.29 is 22.0 Å². The summed E-state index contributed by atoms with van der Waals surface area (Å²) in [6.45, 7) is 1.72. The third-order valence-electron chi connectivity index (χ3n) is 6.81. The zero-order valence-corrected chi connectivity index (χ0v) is 23.8. The Bertz CT molecular complexity index is 2140. The monoisotopic (exact) mass is 602 g/mol. The van der Waals surface area contributed by atoms with Crippen LogP contribution in [0.4, 0.5) is 14.5 Å². The zero-order chi connectivity index (χ0) is 30.3. The maximum atomic E-state index is 16.1. The SMILES string of the molecule is CCC(=O)Nc1cncc(-c2ncc3[nH]nc(-c4nc5nccc(-c6cc(F)cc(CCS(C)(=O)=O)c6)c5[nH]4)c3c2F)c1. The van der Waals surface area contributed by atoms with Gasteiger partial charge in [0.15, 0.2) is 17.3 Å². The highest BCUT2D eigenvalue weighted by Gasteiger charge is 2.22. The van der Waals surface area contributed by atoms with Gasteiger partial charge in [-0.1, -0.05) is 13.0 Å². The van der Waals surface area contributed by atoms with Gasteiger partial charge in [-0.15, -0.1) is 0 Å². The fraction of sp³-hybridized carbons (Fsp3) is 0.172. The minimum absolute atomic E-state index is 0.00607. The van der Waals surface area contributed by atoms with E-state index in [0.29, 0.717) is 44.6 Å². The van der Waals surface area contributed by atoms with Crippen molar-refractivity contribution in [1.82, 2.24) is 35.1 Å². The third-order valence-corrected chi connectivity index (χ3v) is 7.75. The summed E-state index contributed by atoms with van der Waals surface area (Å²) in [5.41, 5.74) is 3.63. The maximum Gasteiger partial charge on any atom is 0.224 e. The summed E-state index contributed by atoms with van der Waals surface area (Å²) in [5, 5.41) is 9.89. The molecule has 0 aliphatic rings. The molecule has 5 heterocycles. The van der Waals surface area contributed by atoms with Gasteiger partial charge in [-0.05, 0) is 41.8 Å². The van der Waals surface area contributed by atoms with Gasteiger partial charge in [-0.3, -0.25) is 19.9 Å². The van der Waals surface area contributed by atoms with Crippen molar-refractivity contribution in [3.8, 4) is 33.9 Å². The van der Waals surface area contributed by atoms with E-state index >= 15 is 4.39 Å². The number of halogens is 2. The van der Waals surface area contributed by atoms with E-state index in [1.165, 1.54) is 36.9 Å². The molecule has 0 saturated carbocycles. The average molecular weight is 603 g/mol. The highest BCUT2D eigenvalue weighted by molar-refractivity contribution is 7.90. The smallest absolute Gasteiger partial charge is 0.224 e. The van der Waals surface area contributed by atoms with E-state index in [9.17, 15) is 17.6 Å². The summed E-state index contributed by atoms with van der Waals surface area (Å²) in [6.07, 6.45) is 7.43. The third kappa shape index (κ3) is 5.68. The van der Waals surface area contributed by atoms with Crippen LogP contribution in [-0.2, 0) is 21.1 Å². The van der Waals surface area contributed by atoms with Crippen molar-refractivity contribution in [3.63, 3.8) is 0 Å². The Balaban J connectivity index is 1.42. The topological polar surface area (TPSA) is 159 Å². The number of rotatable bonds is 8. The maximum absolute atomic E-state index is 16.1. The number of pyridine rings is 3. The zero-order valence-electron chi connectivity index (χ0n) is 22.9. The highest BCUT2D eigenvalue weighted by atomic mass is 32.2. The molecule has 1 aromatic carbocycles. The van der Waals surface area contributed by atoms with Gasteiger partial charge >= 0.3 is 0 Å². The molecule has 0 radical (unpaired) electrons. The number of benzene rings is 1. The van der Waals surface area contributed by atoms with Gasteiger partial charge in [0.2, 0.25) is 5.91 Å². The fourth-order valence-corrected chi connectivity index (χ4v) is 5.36. The number of carbonyl (C=O) groups excluding carboxylic acids is 1. The van der Waals surface area contributed by atoms with Gasteiger partial charge in [0.05, 0.1) is 40.3 Å². The van der Waals surface area contributed by atoms with Crippen molar-refractivity contribution in [2.45, 2.75) is 19.8 Å². The molecular weight excluding hydrogens is 578 g/mol. The van der Waals surface area contributed by atoms with E-state index in [0.717, 1.165) is 6.26 Å². The molecule has 6 rings (SSSR count). The molecule has 0 aliphatic carbocycles. The Labute approximate surface area is 243 Å². The first-order valence-corrected chi connectivity index (χ1v) is 15.3. The van der Waals surface area contributed by atoms with Crippen LogP contribution in [0.2, 0.25) is 0 Å². The number of fused-ring (bicyclic) bond motifs is 2. The number of nitrogens with one attached hydrogen (secondary N) is 3. The van der Waals surface area contributed by atoms with E-state index < -0.39 is 21.5 Å². The van der Waals surface area contributed by atoms with E-state index in [2.05, 4.69) is 40.4 Å². The number of carbonyl (C=O) groups is 1. The van der Waals surface area contributed by atoms with Crippen LogP contribution in [0.1, 0.15) is 18.9 Å². The predicted molar refractivity (Wildman–Crippen MR) is 158 cm³/mol. The molecular formula is C29H24F2N8O3S. The standard InChI is InChI=1S/C29H24F2N8O3S/c1-3-22(40)35-19-11-17(12-32-13-19)25-24(31)23-21(14-34-25)38-39-27(23)29-36-26-20(4-6-33-28(26)37-29)16-8-15(9-18(30)10-16)5-7-43(2,41)42/h4,6,8-14H,3,5,7H2,1-2H3,(H,35,40)(H,38,39)(H,33,36,37). The largest absolute Gasteiger partial charge is 0.335 e. The molecule has 3 N–H and O–H groups in total. The number of anilines is 1. The van der Waals surface area contributed by atoms with E-state index in [4.69, 9.17) is 0 Å². The molecule has 14 heteroatoms. The molecule has 0 bridgehead atoms. The van der Waals surface area contributed by atoms with E-state index in [1.807, 2.05) is 0 Å². The molecule has 11 nitrogen and oxygen atoms in total. The number of H-pyrrole nitrogens is 2. The van der Waals surface area contributed by atoms with Crippen molar-refractivity contribution in [3.05, 3.63) is 72.3 Å². The molecule has 218 valence electrons. The second-order valence-corrected chi connectivity index (χ2v) is 12.3. The van der Waals surface area contributed by atoms with Crippen LogP contribution < -0.4 is 5.32 Å².